The summed E-state index contributed by atoms with van der Waals surface area (Å²) in [6.07, 6.45) is 6.35. The second-order valence-corrected chi connectivity index (χ2v) is 9.04. The van der Waals surface area contributed by atoms with Crippen LogP contribution < -0.4 is 4.90 Å². The number of nitrogens with zero attached hydrogens (tertiary/aromatic N) is 1. The average Bonchev–Trinajstić information content (AvgIpc) is 3.01. The van der Waals surface area contributed by atoms with Crippen molar-refractivity contribution in [3.8, 4) is 0 Å². The number of sulfone groups is 1. The van der Waals surface area contributed by atoms with E-state index in [1.54, 1.807) is 66.9 Å². The molecule has 0 aromatic heterocycles. The van der Waals surface area contributed by atoms with Crippen molar-refractivity contribution in [1.82, 2.24) is 0 Å². The lowest BCUT2D eigenvalue weighted by molar-refractivity contribution is -0.139. The number of anilines is 1. The Morgan fingerprint density at radius 1 is 0.875 bits per heavy atom. The molecule has 0 radical (unpaired) electrons. The molecule has 32 heavy (non-hydrogen) atoms. The van der Waals surface area contributed by atoms with Crippen LogP contribution >= 0.6 is 0 Å². The summed E-state index contributed by atoms with van der Waals surface area (Å²) in [5.74, 6) is -1.57. The first kappa shape index (κ1) is 23.0. The van der Waals surface area contributed by atoms with Gasteiger partial charge < -0.3 is 14.4 Å². The molecule has 1 aliphatic rings. The van der Waals surface area contributed by atoms with Crippen molar-refractivity contribution in [2.75, 3.05) is 19.1 Å². The zero-order valence-corrected chi connectivity index (χ0v) is 18.8. The largest absolute Gasteiger partial charge is 0.465 e. The highest BCUT2D eigenvalue weighted by Crippen LogP contribution is 2.27. The molecular formula is C24H23NO6S. The standard InChI is InChI=1S/C24H23NO6S/c1-17-7-13-20(14-8-17)32(28,29)16-18-9-11-19(12-10-18)25-15-5-4-6-21(23(26)30-2)22(25)24(27)31-3/h4-15H,16H2,1-3H3. The number of hydrogen-bond donors (Lipinski definition) is 0. The lowest BCUT2D eigenvalue weighted by Gasteiger charge is -2.23. The zero-order chi connectivity index (χ0) is 23.3. The topological polar surface area (TPSA) is 90.0 Å². The van der Waals surface area contributed by atoms with Crippen LogP contribution in [0.25, 0.3) is 0 Å². The van der Waals surface area contributed by atoms with E-state index in [-0.39, 0.29) is 21.9 Å². The van der Waals surface area contributed by atoms with Gasteiger partial charge in [0.1, 0.15) is 5.70 Å². The predicted molar refractivity (Wildman–Crippen MR) is 120 cm³/mol. The van der Waals surface area contributed by atoms with Crippen LogP contribution in [0.2, 0.25) is 0 Å². The third-order valence-corrected chi connectivity index (χ3v) is 6.54. The fourth-order valence-electron chi connectivity index (χ4n) is 3.17. The highest BCUT2D eigenvalue weighted by atomic mass is 32.2. The number of aryl methyl sites for hydroxylation is 1. The van der Waals surface area contributed by atoms with E-state index in [0.717, 1.165) is 5.56 Å². The number of carbonyl (C=O) groups is 2. The van der Waals surface area contributed by atoms with Gasteiger partial charge in [0.15, 0.2) is 9.84 Å². The summed E-state index contributed by atoms with van der Waals surface area (Å²) in [5.41, 5.74) is 2.14. The lowest BCUT2D eigenvalue weighted by atomic mass is 10.1. The van der Waals surface area contributed by atoms with Crippen LogP contribution in [-0.4, -0.2) is 34.6 Å². The molecule has 0 fully saturated rings. The van der Waals surface area contributed by atoms with Crippen LogP contribution in [0.3, 0.4) is 0 Å². The first-order valence-corrected chi connectivity index (χ1v) is 11.4. The minimum atomic E-state index is -3.51. The first-order valence-electron chi connectivity index (χ1n) is 9.70. The van der Waals surface area contributed by atoms with Gasteiger partial charge in [-0.1, -0.05) is 35.9 Å². The van der Waals surface area contributed by atoms with Crippen LogP contribution in [0, 0.1) is 6.92 Å². The number of hydrogen-bond acceptors (Lipinski definition) is 7. The molecular weight excluding hydrogens is 430 g/mol. The number of methoxy groups -OCH3 is 2. The molecule has 0 bridgehead atoms. The molecule has 0 unspecified atom stereocenters. The number of ether oxygens (including phenoxy) is 2. The second kappa shape index (κ2) is 9.65. The highest BCUT2D eigenvalue weighted by molar-refractivity contribution is 7.90. The second-order valence-electron chi connectivity index (χ2n) is 7.05. The van der Waals surface area contributed by atoms with Crippen molar-refractivity contribution < 1.29 is 27.5 Å². The number of allylic oxidation sites excluding steroid dienone is 2. The van der Waals surface area contributed by atoms with Crippen molar-refractivity contribution in [3.05, 3.63) is 95.4 Å². The molecule has 0 saturated carbocycles. The van der Waals surface area contributed by atoms with E-state index in [9.17, 15) is 18.0 Å². The molecule has 0 saturated heterocycles. The van der Waals surface area contributed by atoms with E-state index in [1.807, 2.05) is 6.92 Å². The number of benzene rings is 2. The summed E-state index contributed by atoms with van der Waals surface area (Å²) < 4.78 is 35.1. The van der Waals surface area contributed by atoms with Crippen LogP contribution in [-0.2, 0) is 34.7 Å². The smallest absolute Gasteiger partial charge is 0.355 e. The van der Waals surface area contributed by atoms with Gasteiger partial charge in [-0.05, 0) is 48.9 Å². The molecule has 0 amide bonds. The quantitative estimate of drug-likeness (QED) is 0.619. The Balaban J connectivity index is 1.93. The summed E-state index contributed by atoms with van der Waals surface area (Å²) in [6.45, 7) is 1.89. The fourth-order valence-corrected chi connectivity index (χ4v) is 4.52. The molecule has 2 aromatic carbocycles. The Morgan fingerprint density at radius 3 is 2.09 bits per heavy atom. The maximum absolute atomic E-state index is 12.7. The number of rotatable bonds is 6. The van der Waals surface area contributed by atoms with Crippen molar-refractivity contribution in [3.63, 3.8) is 0 Å². The predicted octanol–water partition coefficient (Wildman–Crippen LogP) is 3.46. The van der Waals surface area contributed by atoms with Crippen LogP contribution in [0.1, 0.15) is 11.1 Å². The number of esters is 2. The van der Waals surface area contributed by atoms with Crippen molar-refractivity contribution in [2.24, 2.45) is 0 Å². The van der Waals surface area contributed by atoms with E-state index < -0.39 is 21.8 Å². The first-order chi connectivity index (χ1) is 15.3. The Bertz CT molecular complexity index is 1210. The Labute approximate surface area is 187 Å². The van der Waals surface area contributed by atoms with Crippen LogP contribution in [0.5, 0.6) is 0 Å². The van der Waals surface area contributed by atoms with Gasteiger partial charge in [-0.3, -0.25) is 0 Å². The average molecular weight is 454 g/mol. The molecule has 3 rings (SSSR count). The van der Waals surface area contributed by atoms with E-state index in [0.29, 0.717) is 11.3 Å². The molecule has 7 nitrogen and oxygen atoms in total. The van der Waals surface area contributed by atoms with Gasteiger partial charge in [-0.25, -0.2) is 18.0 Å². The van der Waals surface area contributed by atoms with Gasteiger partial charge in [-0.2, -0.15) is 0 Å². The third kappa shape index (κ3) is 4.97. The summed E-state index contributed by atoms with van der Waals surface area (Å²) in [7, 11) is -1.06. The minimum Gasteiger partial charge on any atom is -0.465 e. The number of carbonyl (C=O) groups excluding carboxylic acids is 2. The van der Waals surface area contributed by atoms with Crippen molar-refractivity contribution >= 4 is 27.5 Å². The SMILES string of the molecule is COC(=O)C1=C(C(=O)OC)N(c2ccc(CS(=O)(=O)c3ccc(C)cc3)cc2)C=CC=C1. The molecule has 0 spiro atoms. The maximum Gasteiger partial charge on any atom is 0.355 e. The fraction of sp³-hybridized carbons (Fsp3) is 0.167. The van der Waals surface area contributed by atoms with E-state index >= 15 is 0 Å². The summed E-state index contributed by atoms with van der Waals surface area (Å²) >= 11 is 0. The molecule has 1 heterocycles. The van der Waals surface area contributed by atoms with Crippen molar-refractivity contribution in [1.29, 1.82) is 0 Å². The normalized spacial score (nSPS) is 13.7. The van der Waals surface area contributed by atoms with Crippen molar-refractivity contribution in [2.45, 2.75) is 17.6 Å². The van der Waals surface area contributed by atoms with Gasteiger partial charge in [-0.15, -0.1) is 0 Å². The van der Waals surface area contributed by atoms with E-state index in [4.69, 9.17) is 9.47 Å². The third-order valence-electron chi connectivity index (χ3n) is 4.84. The van der Waals surface area contributed by atoms with Gasteiger partial charge in [0, 0.05) is 11.9 Å². The molecule has 0 N–H and O–H groups in total. The van der Waals surface area contributed by atoms with Gasteiger partial charge >= 0.3 is 11.9 Å². The zero-order valence-electron chi connectivity index (χ0n) is 17.9. The molecule has 0 atom stereocenters. The molecule has 8 heteroatoms. The van der Waals surface area contributed by atoms with E-state index in [1.165, 1.54) is 25.2 Å². The lowest BCUT2D eigenvalue weighted by Crippen LogP contribution is -2.26. The monoisotopic (exact) mass is 453 g/mol. The summed E-state index contributed by atoms with van der Waals surface area (Å²) in [5, 5.41) is 0. The van der Waals surface area contributed by atoms with Gasteiger partial charge in [0.05, 0.1) is 30.4 Å². The summed E-state index contributed by atoms with van der Waals surface area (Å²) in [6, 6.07) is 13.4. The minimum absolute atomic E-state index is 0.00984. The Kier molecular flexibility index (Phi) is 6.95. The maximum atomic E-state index is 12.7. The van der Waals surface area contributed by atoms with Crippen LogP contribution in [0.4, 0.5) is 5.69 Å². The van der Waals surface area contributed by atoms with E-state index in [2.05, 4.69) is 0 Å². The molecule has 2 aromatic rings. The van der Waals surface area contributed by atoms with Crippen LogP contribution in [0.15, 0.2) is 89.1 Å². The molecule has 1 aliphatic heterocycles. The summed E-state index contributed by atoms with van der Waals surface area (Å²) in [4.78, 5) is 26.5. The Hall–Kier alpha value is -3.65. The molecule has 0 aliphatic carbocycles. The molecule has 166 valence electrons. The van der Waals surface area contributed by atoms with Gasteiger partial charge in [0.25, 0.3) is 0 Å². The van der Waals surface area contributed by atoms with Gasteiger partial charge in [0.2, 0.25) is 0 Å². The Morgan fingerprint density at radius 2 is 1.50 bits per heavy atom. The highest BCUT2D eigenvalue weighted by Gasteiger charge is 2.27.